The van der Waals surface area contributed by atoms with Gasteiger partial charge in [-0.2, -0.15) is 4.99 Å². The van der Waals surface area contributed by atoms with Gasteiger partial charge in [0.15, 0.2) is 14.6 Å². The van der Waals surface area contributed by atoms with E-state index in [-0.39, 0.29) is 4.90 Å². The first-order chi connectivity index (χ1) is 14.2. The number of thiazole rings is 1. The zero-order valence-corrected chi connectivity index (χ0v) is 18.2. The molecule has 0 fully saturated rings. The van der Waals surface area contributed by atoms with Crippen molar-refractivity contribution < 1.29 is 27.5 Å². The zero-order valence-electron chi connectivity index (χ0n) is 16.6. The van der Waals surface area contributed by atoms with Crippen molar-refractivity contribution in [2.45, 2.75) is 11.4 Å². The van der Waals surface area contributed by atoms with Gasteiger partial charge in [-0.1, -0.05) is 11.3 Å². The Hall–Kier alpha value is -2.82. The second-order valence-electron chi connectivity index (χ2n) is 6.42. The van der Waals surface area contributed by atoms with Gasteiger partial charge in [0, 0.05) is 25.5 Å². The van der Waals surface area contributed by atoms with Crippen LogP contribution in [0.5, 0.6) is 0 Å². The Morgan fingerprint density at radius 3 is 2.33 bits per heavy atom. The van der Waals surface area contributed by atoms with E-state index in [0.717, 1.165) is 11.8 Å². The molecule has 0 N–H and O–H groups in total. The van der Waals surface area contributed by atoms with Crippen molar-refractivity contribution in [2.75, 3.05) is 27.1 Å². The molecule has 10 heteroatoms. The summed E-state index contributed by atoms with van der Waals surface area (Å²) < 4.78 is 36.0. The molecule has 0 spiro atoms. The predicted octanol–water partition coefficient (Wildman–Crippen LogP) is 2.28. The minimum absolute atomic E-state index is 0.200. The molecule has 0 atom stereocenters. The van der Waals surface area contributed by atoms with Crippen molar-refractivity contribution in [3.8, 4) is 0 Å². The highest BCUT2D eigenvalue weighted by Crippen LogP contribution is 2.22. The number of hydrogen-bond acceptors (Lipinski definition) is 7. The summed E-state index contributed by atoms with van der Waals surface area (Å²) in [4.78, 5) is 29.1. The largest absolute Gasteiger partial charge is 0.465 e. The number of rotatable bonds is 6. The molecule has 3 aromatic rings. The van der Waals surface area contributed by atoms with Gasteiger partial charge in [-0.3, -0.25) is 4.79 Å². The molecule has 0 aliphatic rings. The fraction of sp³-hybridized carbons (Fsp3) is 0.250. The van der Waals surface area contributed by atoms with Crippen LogP contribution in [0.3, 0.4) is 0 Å². The number of amides is 1. The molecular formula is C20H20N2O6S2. The molecule has 0 aliphatic carbocycles. The molecule has 1 amide bonds. The fourth-order valence-corrected chi connectivity index (χ4v) is 4.60. The Morgan fingerprint density at radius 2 is 1.73 bits per heavy atom. The molecule has 2 aromatic carbocycles. The number of nitrogens with zero attached hydrogens (tertiary/aromatic N) is 2. The van der Waals surface area contributed by atoms with Crippen LogP contribution in [0.1, 0.15) is 20.7 Å². The van der Waals surface area contributed by atoms with Gasteiger partial charge < -0.3 is 14.0 Å². The summed E-state index contributed by atoms with van der Waals surface area (Å²) in [6.07, 6.45) is 1.15. The molecule has 0 aliphatic heterocycles. The van der Waals surface area contributed by atoms with E-state index < -0.39 is 21.7 Å². The Balaban J connectivity index is 2.07. The SMILES string of the molecule is COCCn1c(=NC(=O)c2ccc(C(=O)OC)cc2)sc2cc(S(C)(=O)=O)ccc21. The van der Waals surface area contributed by atoms with E-state index in [1.54, 1.807) is 19.2 Å². The summed E-state index contributed by atoms with van der Waals surface area (Å²) in [7, 11) is -0.502. The number of esters is 1. The number of aromatic nitrogens is 1. The molecule has 0 bridgehead atoms. The van der Waals surface area contributed by atoms with Crippen LogP contribution in [0.2, 0.25) is 0 Å². The van der Waals surface area contributed by atoms with Crippen LogP contribution in [-0.2, 0) is 25.9 Å². The monoisotopic (exact) mass is 448 g/mol. The van der Waals surface area contributed by atoms with Crippen LogP contribution in [0, 0.1) is 0 Å². The molecule has 30 heavy (non-hydrogen) atoms. The molecule has 158 valence electrons. The summed E-state index contributed by atoms with van der Waals surface area (Å²) in [5.41, 5.74) is 1.41. The molecular weight excluding hydrogens is 428 g/mol. The fourth-order valence-electron chi connectivity index (χ4n) is 2.79. The summed E-state index contributed by atoms with van der Waals surface area (Å²) in [6.45, 7) is 0.844. The van der Waals surface area contributed by atoms with Crippen LogP contribution in [0.25, 0.3) is 10.2 Å². The number of carbonyl (C=O) groups is 2. The minimum atomic E-state index is -3.36. The van der Waals surface area contributed by atoms with Crippen LogP contribution in [-0.4, -0.2) is 51.9 Å². The van der Waals surface area contributed by atoms with Gasteiger partial charge >= 0.3 is 5.97 Å². The topological polar surface area (TPSA) is 104 Å². The Kier molecular flexibility index (Phi) is 6.49. The first kappa shape index (κ1) is 21.9. The lowest BCUT2D eigenvalue weighted by Gasteiger charge is -2.05. The number of methoxy groups -OCH3 is 2. The predicted molar refractivity (Wildman–Crippen MR) is 112 cm³/mol. The summed E-state index contributed by atoms with van der Waals surface area (Å²) in [5, 5.41) is 0. The highest BCUT2D eigenvalue weighted by atomic mass is 32.2. The molecule has 0 radical (unpaired) electrons. The van der Waals surface area contributed by atoms with Crippen LogP contribution < -0.4 is 4.80 Å². The maximum Gasteiger partial charge on any atom is 0.337 e. The summed E-state index contributed by atoms with van der Waals surface area (Å²) >= 11 is 1.22. The van der Waals surface area contributed by atoms with Crippen molar-refractivity contribution >= 4 is 43.3 Å². The van der Waals surface area contributed by atoms with E-state index >= 15 is 0 Å². The molecule has 0 saturated carbocycles. The van der Waals surface area contributed by atoms with Crippen molar-refractivity contribution in [2.24, 2.45) is 4.99 Å². The van der Waals surface area contributed by atoms with Gasteiger partial charge in [-0.15, -0.1) is 0 Å². The summed E-state index contributed by atoms with van der Waals surface area (Å²) in [6, 6.07) is 10.8. The first-order valence-electron chi connectivity index (χ1n) is 8.84. The Labute approximate surface area is 177 Å². The van der Waals surface area contributed by atoms with Gasteiger partial charge in [-0.25, -0.2) is 13.2 Å². The van der Waals surface area contributed by atoms with Gasteiger partial charge in [-0.05, 0) is 42.5 Å². The normalized spacial score (nSPS) is 12.3. The number of carbonyl (C=O) groups excluding carboxylic acids is 2. The van der Waals surface area contributed by atoms with E-state index in [2.05, 4.69) is 9.73 Å². The van der Waals surface area contributed by atoms with Gasteiger partial charge in [0.2, 0.25) is 0 Å². The first-order valence-corrected chi connectivity index (χ1v) is 11.5. The van der Waals surface area contributed by atoms with E-state index in [1.807, 2.05) is 4.57 Å². The maximum atomic E-state index is 12.7. The van der Waals surface area contributed by atoms with Crippen LogP contribution >= 0.6 is 11.3 Å². The van der Waals surface area contributed by atoms with Gasteiger partial charge in [0.25, 0.3) is 5.91 Å². The van der Waals surface area contributed by atoms with E-state index in [9.17, 15) is 18.0 Å². The molecule has 0 saturated heterocycles. The lowest BCUT2D eigenvalue weighted by molar-refractivity contribution is 0.0600. The van der Waals surface area contributed by atoms with Crippen molar-refractivity contribution in [3.05, 3.63) is 58.4 Å². The molecule has 1 aromatic heterocycles. The zero-order chi connectivity index (χ0) is 21.9. The average Bonchev–Trinajstić information content (AvgIpc) is 3.07. The Morgan fingerprint density at radius 1 is 1.07 bits per heavy atom. The van der Waals surface area contributed by atoms with Crippen molar-refractivity contribution in [1.29, 1.82) is 0 Å². The number of benzene rings is 2. The molecule has 0 unspecified atom stereocenters. The third-order valence-electron chi connectivity index (χ3n) is 4.35. The van der Waals surface area contributed by atoms with E-state index in [1.165, 1.54) is 48.8 Å². The maximum absolute atomic E-state index is 12.7. The lowest BCUT2D eigenvalue weighted by Crippen LogP contribution is -2.19. The third kappa shape index (κ3) is 4.66. The van der Waals surface area contributed by atoms with E-state index in [4.69, 9.17) is 4.74 Å². The Bertz CT molecular complexity index is 1270. The van der Waals surface area contributed by atoms with Crippen molar-refractivity contribution in [1.82, 2.24) is 4.57 Å². The van der Waals surface area contributed by atoms with Crippen LogP contribution in [0.4, 0.5) is 0 Å². The summed E-state index contributed by atoms with van der Waals surface area (Å²) in [5.74, 6) is -0.970. The highest BCUT2D eigenvalue weighted by Gasteiger charge is 2.14. The van der Waals surface area contributed by atoms with Crippen LogP contribution in [0.15, 0.2) is 52.4 Å². The smallest absolute Gasteiger partial charge is 0.337 e. The minimum Gasteiger partial charge on any atom is -0.465 e. The van der Waals surface area contributed by atoms with E-state index in [0.29, 0.717) is 33.8 Å². The number of ether oxygens (including phenoxy) is 2. The van der Waals surface area contributed by atoms with Crippen molar-refractivity contribution in [3.63, 3.8) is 0 Å². The lowest BCUT2D eigenvalue weighted by atomic mass is 10.1. The third-order valence-corrected chi connectivity index (χ3v) is 6.50. The second kappa shape index (κ2) is 8.90. The second-order valence-corrected chi connectivity index (χ2v) is 9.44. The number of hydrogen-bond donors (Lipinski definition) is 0. The average molecular weight is 449 g/mol. The number of fused-ring (bicyclic) bond motifs is 1. The quantitative estimate of drug-likeness (QED) is 0.536. The molecule has 1 heterocycles. The number of sulfone groups is 1. The molecule has 8 nitrogen and oxygen atoms in total. The van der Waals surface area contributed by atoms with Gasteiger partial charge in [0.1, 0.15) is 0 Å². The van der Waals surface area contributed by atoms with Gasteiger partial charge in [0.05, 0.1) is 34.4 Å². The standard InChI is InChI=1S/C20H20N2O6S2/c1-27-11-10-22-16-9-8-15(30(3,25)26)12-17(16)29-20(22)21-18(23)13-4-6-14(7-5-13)19(24)28-2/h4-9,12H,10-11H2,1-3H3. The highest BCUT2D eigenvalue weighted by molar-refractivity contribution is 7.90. The molecule has 3 rings (SSSR count).